The molecule has 2 aliphatic heterocycles. The molecule has 0 radical (unpaired) electrons. The zero-order valence-electron chi connectivity index (χ0n) is 13.5. The lowest BCUT2D eigenvalue weighted by Crippen LogP contribution is -2.47. The van der Waals surface area contributed by atoms with Gasteiger partial charge in [0.2, 0.25) is 0 Å². The normalized spacial score (nSPS) is 23.4. The van der Waals surface area contributed by atoms with Crippen molar-refractivity contribution in [3.05, 3.63) is 17.7 Å². The van der Waals surface area contributed by atoms with Gasteiger partial charge in [-0.25, -0.2) is 0 Å². The summed E-state index contributed by atoms with van der Waals surface area (Å²) in [5, 5.41) is 10.6. The van der Waals surface area contributed by atoms with Crippen LogP contribution in [0.15, 0.2) is 12.1 Å². The number of hydrogen-bond donors (Lipinski definition) is 2. The van der Waals surface area contributed by atoms with E-state index in [1.807, 2.05) is 0 Å². The highest BCUT2D eigenvalue weighted by molar-refractivity contribution is 6.02. The molecule has 2 aliphatic rings. The van der Waals surface area contributed by atoms with E-state index in [1.165, 1.54) is 7.11 Å². The summed E-state index contributed by atoms with van der Waals surface area (Å²) in [5.41, 5.74) is 6.65. The van der Waals surface area contributed by atoms with Crippen molar-refractivity contribution in [2.75, 3.05) is 38.8 Å². The second kappa shape index (κ2) is 6.25. The van der Waals surface area contributed by atoms with Crippen LogP contribution in [0.3, 0.4) is 0 Å². The monoisotopic (exact) mass is 321 g/mol. The van der Waals surface area contributed by atoms with E-state index < -0.39 is 6.23 Å². The minimum absolute atomic E-state index is 0.0745. The van der Waals surface area contributed by atoms with Crippen molar-refractivity contribution in [2.45, 2.75) is 25.1 Å². The molecule has 1 aromatic rings. The predicted molar refractivity (Wildman–Crippen MR) is 86.0 cm³/mol. The van der Waals surface area contributed by atoms with Crippen LogP contribution in [0.25, 0.3) is 0 Å². The fraction of sp³-hybridized carbons (Fsp3) is 0.562. The molecule has 7 heteroatoms. The predicted octanol–water partition coefficient (Wildman–Crippen LogP) is 0.405. The number of hydrogen-bond acceptors (Lipinski definition) is 6. The van der Waals surface area contributed by atoms with E-state index in [9.17, 15) is 9.90 Å². The maximum Gasteiger partial charge on any atom is 0.256 e. The summed E-state index contributed by atoms with van der Waals surface area (Å²) in [7, 11) is 3.33. The molecule has 0 bridgehead atoms. The molecule has 1 amide bonds. The molecule has 3 N–H and O–H groups in total. The van der Waals surface area contributed by atoms with Gasteiger partial charge < -0.3 is 30.1 Å². The molecular weight excluding hydrogens is 298 g/mol. The fourth-order valence-corrected chi connectivity index (χ4v) is 3.36. The zero-order chi connectivity index (χ0) is 16.6. The molecule has 23 heavy (non-hydrogen) atoms. The summed E-state index contributed by atoms with van der Waals surface area (Å²) in [6, 6.07) is 3.25. The lowest BCUT2D eigenvalue weighted by Gasteiger charge is -2.31. The minimum Gasteiger partial charge on any atom is -0.493 e. The summed E-state index contributed by atoms with van der Waals surface area (Å²) < 4.78 is 11.0. The Balaban J connectivity index is 2.08. The lowest BCUT2D eigenvalue weighted by atomic mass is 10.1. The first-order valence-electron chi connectivity index (χ1n) is 7.85. The van der Waals surface area contributed by atoms with E-state index in [0.29, 0.717) is 42.4 Å². The van der Waals surface area contributed by atoms with Crippen LogP contribution in [0.2, 0.25) is 0 Å². The van der Waals surface area contributed by atoms with Crippen molar-refractivity contribution in [2.24, 2.45) is 5.73 Å². The Hall–Kier alpha value is -1.99. The third-order valence-electron chi connectivity index (χ3n) is 4.57. The molecule has 1 aromatic carbocycles. The van der Waals surface area contributed by atoms with Crippen molar-refractivity contribution < 1.29 is 19.4 Å². The van der Waals surface area contributed by atoms with Crippen LogP contribution in [0, 0.1) is 0 Å². The number of nitrogens with two attached hydrogens (primary N) is 1. The van der Waals surface area contributed by atoms with E-state index in [-0.39, 0.29) is 11.9 Å². The van der Waals surface area contributed by atoms with E-state index in [2.05, 4.69) is 0 Å². The first-order valence-corrected chi connectivity index (χ1v) is 7.85. The van der Waals surface area contributed by atoms with Crippen LogP contribution < -0.4 is 20.1 Å². The van der Waals surface area contributed by atoms with Crippen LogP contribution in [-0.2, 0) is 0 Å². The van der Waals surface area contributed by atoms with Gasteiger partial charge in [-0.2, -0.15) is 0 Å². The molecule has 2 atom stereocenters. The summed E-state index contributed by atoms with van der Waals surface area (Å²) in [5.74, 6) is 0.936. The van der Waals surface area contributed by atoms with Crippen molar-refractivity contribution in [1.29, 1.82) is 0 Å². The topological polar surface area (TPSA) is 88.3 Å². The number of nitrogens with zero attached hydrogens (tertiary/aromatic N) is 2. The molecule has 0 aliphatic carbocycles. The van der Waals surface area contributed by atoms with Gasteiger partial charge in [0.1, 0.15) is 12.8 Å². The van der Waals surface area contributed by atoms with Gasteiger partial charge in [-0.1, -0.05) is 0 Å². The number of amides is 1. The SMILES string of the molecule is COc1cc2c(cc1OCCN)N(C)[C@@H](O)[C@@H]1CCCN1C2=O. The minimum atomic E-state index is -0.738. The molecule has 0 spiro atoms. The summed E-state index contributed by atoms with van der Waals surface area (Å²) >= 11 is 0. The Morgan fingerprint density at radius 2 is 2.17 bits per heavy atom. The Kier molecular flexibility index (Phi) is 4.32. The molecule has 1 saturated heterocycles. The van der Waals surface area contributed by atoms with E-state index in [0.717, 1.165) is 12.8 Å². The van der Waals surface area contributed by atoms with Gasteiger partial charge in [-0.15, -0.1) is 0 Å². The summed E-state index contributed by atoms with van der Waals surface area (Å²) in [6.07, 6.45) is 0.975. The number of methoxy groups -OCH3 is 1. The number of benzene rings is 1. The van der Waals surface area contributed by atoms with E-state index >= 15 is 0 Å². The molecule has 0 saturated carbocycles. The van der Waals surface area contributed by atoms with Gasteiger partial charge in [0.05, 0.1) is 24.4 Å². The number of aliphatic hydroxyl groups excluding tert-OH is 1. The number of aliphatic hydroxyl groups is 1. The fourth-order valence-electron chi connectivity index (χ4n) is 3.36. The number of carbonyl (C=O) groups is 1. The molecule has 0 aromatic heterocycles. The molecule has 1 fully saturated rings. The third-order valence-corrected chi connectivity index (χ3v) is 4.57. The zero-order valence-corrected chi connectivity index (χ0v) is 13.5. The Bertz CT molecular complexity index is 607. The molecular formula is C16H23N3O4. The van der Waals surface area contributed by atoms with Crippen LogP contribution in [0.5, 0.6) is 11.5 Å². The van der Waals surface area contributed by atoms with Crippen LogP contribution in [0.4, 0.5) is 5.69 Å². The summed E-state index contributed by atoms with van der Waals surface area (Å²) in [6.45, 7) is 1.40. The Labute approximate surface area is 135 Å². The van der Waals surface area contributed by atoms with Crippen molar-refractivity contribution in [3.8, 4) is 11.5 Å². The highest BCUT2D eigenvalue weighted by atomic mass is 16.5. The second-order valence-electron chi connectivity index (χ2n) is 5.89. The van der Waals surface area contributed by atoms with Gasteiger partial charge in [-0.05, 0) is 18.9 Å². The van der Waals surface area contributed by atoms with Gasteiger partial charge in [0, 0.05) is 26.2 Å². The van der Waals surface area contributed by atoms with Gasteiger partial charge in [-0.3, -0.25) is 4.79 Å². The maximum atomic E-state index is 12.9. The number of ether oxygens (including phenoxy) is 2. The second-order valence-corrected chi connectivity index (χ2v) is 5.89. The summed E-state index contributed by atoms with van der Waals surface area (Å²) in [4.78, 5) is 16.4. The molecule has 0 unspecified atom stereocenters. The first-order chi connectivity index (χ1) is 11.1. The Morgan fingerprint density at radius 3 is 2.87 bits per heavy atom. The smallest absolute Gasteiger partial charge is 0.256 e. The molecule has 7 nitrogen and oxygen atoms in total. The van der Waals surface area contributed by atoms with Gasteiger partial charge in [0.25, 0.3) is 5.91 Å². The van der Waals surface area contributed by atoms with E-state index in [4.69, 9.17) is 15.2 Å². The van der Waals surface area contributed by atoms with Crippen molar-refractivity contribution in [3.63, 3.8) is 0 Å². The van der Waals surface area contributed by atoms with Crippen molar-refractivity contribution >= 4 is 11.6 Å². The Morgan fingerprint density at radius 1 is 1.39 bits per heavy atom. The van der Waals surface area contributed by atoms with E-state index in [1.54, 1.807) is 29.0 Å². The standard InChI is InChI=1S/C16H23N3O4/c1-18-12-9-14(23-7-5-17)13(22-2)8-10(12)15(20)19-6-3-4-11(19)16(18)21/h8-9,11,16,21H,3-7,17H2,1-2H3/t11-,16-/m0/s1. The number of rotatable bonds is 4. The maximum absolute atomic E-state index is 12.9. The molecule has 2 heterocycles. The van der Waals surface area contributed by atoms with Crippen LogP contribution in [-0.4, -0.2) is 62.0 Å². The highest BCUT2D eigenvalue weighted by Gasteiger charge is 2.41. The number of anilines is 1. The number of fused-ring (bicyclic) bond motifs is 2. The van der Waals surface area contributed by atoms with Gasteiger partial charge >= 0.3 is 0 Å². The molecule has 126 valence electrons. The number of carbonyl (C=O) groups excluding carboxylic acids is 1. The highest BCUT2D eigenvalue weighted by Crippen LogP contribution is 2.40. The van der Waals surface area contributed by atoms with Crippen molar-refractivity contribution in [1.82, 2.24) is 4.90 Å². The average Bonchev–Trinajstić information content (AvgIpc) is 3.04. The molecule has 3 rings (SSSR count). The first kappa shape index (κ1) is 15.9. The number of likely N-dealkylation sites (N-methyl/N-ethyl adjacent to an activating group) is 1. The van der Waals surface area contributed by atoms with Gasteiger partial charge in [0.15, 0.2) is 11.5 Å². The lowest BCUT2D eigenvalue weighted by molar-refractivity contribution is 0.0527. The quantitative estimate of drug-likeness (QED) is 0.835. The van der Waals surface area contributed by atoms with Crippen LogP contribution in [0.1, 0.15) is 23.2 Å². The third kappa shape index (κ3) is 2.60. The largest absolute Gasteiger partial charge is 0.493 e. The average molecular weight is 321 g/mol. The van der Waals surface area contributed by atoms with Crippen LogP contribution >= 0.6 is 0 Å².